The molecule has 0 atom stereocenters. The van der Waals surface area contributed by atoms with Gasteiger partial charge in [-0.05, 0) is 30.2 Å². The summed E-state index contributed by atoms with van der Waals surface area (Å²) in [5, 5.41) is 9.02. The third kappa shape index (κ3) is 2.91. The zero-order valence-electron chi connectivity index (χ0n) is 9.51. The van der Waals surface area contributed by atoms with Gasteiger partial charge in [0.15, 0.2) is 0 Å². The van der Waals surface area contributed by atoms with Crippen molar-refractivity contribution in [2.45, 2.75) is 19.0 Å². The van der Waals surface area contributed by atoms with Crippen molar-refractivity contribution in [3.8, 4) is 0 Å². The van der Waals surface area contributed by atoms with Gasteiger partial charge in [0, 0.05) is 21.8 Å². The lowest BCUT2D eigenvalue weighted by molar-refractivity contribution is -0.142. The van der Waals surface area contributed by atoms with Crippen LogP contribution in [0.3, 0.4) is 0 Å². The number of aromatic amines is 1. The first-order valence-electron chi connectivity index (χ1n) is 5.38. The molecule has 0 aliphatic carbocycles. The van der Waals surface area contributed by atoms with E-state index in [1.54, 1.807) is 12.1 Å². The van der Waals surface area contributed by atoms with Gasteiger partial charge in [-0.15, -0.1) is 0 Å². The first-order valence-corrected chi connectivity index (χ1v) is 6.17. The van der Waals surface area contributed by atoms with E-state index in [-0.39, 0.29) is 18.4 Å². The Morgan fingerprint density at radius 2 is 2.05 bits per heavy atom. The third-order valence-corrected chi connectivity index (χ3v) is 3.23. The van der Waals surface area contributed by atoms with Gasteiger partial charge in [0.2, 0.25) is 0 Å². The van der Waals surface area contributed by atoms with Gasteiger partial charge < -0.3 is 10.1 Å². The lowest BCUT2D eigenvalue weighted by atomic mass is 10.1. The fraction of sp³-hybridized carbons (Fsp3) is 0.250. The molecule has 0 aliphatic rings. The Kier molecular flexibility index (Phi) is 3.58. The molecule has 0 radical (unpaired) electrons. The summed E-state index contributed by atoms with van der Waals surface area (Å²) in [4.78, 5) is 12.9. The van der Waals surface area contributed by atoms with E-state index in [1.807, 2.05) is 0 Å². The average Bonchev–Trinajstić information content (AvgIpc) is 2.64. The number of benzene rings is 1. The summed E-state index contributed by atoms with van der Waals surface area (Å²) in [6, 6.07) is 4.71. The van der Waals surface area contributed by atoms with Gasteiger partial charge in [0.25, 0.3) is 0 Å². The van der Waals surface area contributed by atoms with E-state index in [4.69, 9.17) is 5.11 Å². The highest BCUT2D eigenvalue weighted by molar-refractivity contribution is 9.10. The Morgan fingerprint density at radius 1 is 1.37 bits per heavy atom. The zero-order valence-corrected chi connectivity index (χ0v) is 11.1. The van der Waals surface area contributed by atoms with Gasteiger partial charge in [-0.25, -0.2) is 0 Å². The summed E-state index contributed by atoms with van der Waals surface area (Å²) in [5.74, 6) is -1.13. The van der Waals surface area contributed by atoms with E-state index < -0.39 is 17.8 Å². The van der Waals surface area contributed by atoms with Crippen LogP contribution in [0.25, 0.3) is 10.9 Å². The summed E-state index contributed by atoms with van der Waals surface area (Å²) in [5.41, 5.74) is -0.538. The molecule has 2 rings (SSSR count). The minimum atomic E-state index is -4.53. The Morgan fingerprint density at radius 3 is 2.63 bits per heavy atom. The number of fused-ring (bicyclic) bond motifs is 1. The lowest BCUT2D eigenvalue weighted by Gasteiger charge is -2.07. The van der Waals surface area contributed by atoms with Crippen molar-refractivity contribution in [2.24, 2.45) is 0 Å². The molecule has 102 valence electrons. The second kappa shape index (κ2) is 4.88. The molecule has 0 bridgehead atoms. The molecule has 19 heavy (non-hydrogen) atoms. The Bertz CT molecular complexity index is 634. The van der Waals surface area contributed by atoms with E-state index in [9.17, 15) is 18.0 Å². The van der Waals surface area contributed by atoms with Crippen LogP contribution in [0, 0.1) is 0 Å². The Hall–Kier alpha value is -1.50. The van der Waals surface area contributed by atoms with Crippen molar-refractivity contribution in [1.82, 2.24) is 4.98 Å². The van der Waals surface area contributed by atoms with E-state index in [0.29, 0.717) is 15.4 Å². The van der Waals surface area contributed by atoms with Gasteiger partial charge in [-0.3, -0.25) is 4.79 Å². The van der Waals surface area contributed by atoms with E-state index >= 15 is 0 Å². The third-order valence-electron chi connectivity index (χ3n) is 2.74. The van der Waals surface area contributed by atoms with E-state index in [2.05, 4.69) is 20.9 Å². The molecular formula is C12H9BrF3NO2. The molecule has 0 unspecified atom stereocenters. The van der Waals surface area contributed by atoms with Gasteiger partial charge in [-0.2, -0.15) is 13.2 Å². The fourth-order valence-electron chi connectivity index (χ4n) is 1.95. The SMILES string of the molecule is O=C(O)CCc1c(C(F)(F)F)[nH]c2ccc(Br)cc12. The first kappa shape index (κ1) is 13.9. The van der Waals surface area contributed by atoms with Crippen molar-refractivity contribution in [3.63, 3.8) is 0 Å². The number of hydrogen-bond donors (Lipinski definition) is 2. The number of aliphatic carboxylic acids is 1. The Labute approximate surface area is 114 Å². The number of nitrogens with one attached hydrogen (secondary N) is 1. The molecule has 1 heterocycles. The first-order chi connectivity index (χ1) is 8.79. The largest absolute Gasteiger partial charge is 0.481 e. The predicted molar refractivity (Wildman–Crippen MR) is 67.0 cm³/mol. The number of rotatable bonds is 3. The molecule has 2 N–H and O–H groups in total. The second-order valence-electron chi connectivity index (χ2n) is 4.06. The van der Waals surface area contributed by atoms with Crippen LogP contribution >= 0.6 is 15.9 Å². The number of carboxylic acids is 1. The number of carboxylic acid groups (broad SMARTS) is 1. The maximum Gasteiger partial charge on any atom is 0.431 e. The van der Waals surface area contributed by atoms with Crippen LogP contribution in [-0.4, -0.2) is 16.1 Å². The van der Waals surface area contributed by atoms with Gasteiger partial charge in [0.1, 0.15) is 5.69 Å². The summed E-state index contributed by atoms with van der Waals surface area (Å²) in [6.45, 7) is 0. The van der Waals surface area contributed by atoms with Crippen molar-refractivity contribution >= 4 is 32.8 Å². The molecule has 0 aliphatic heterocycles. The van der Waals surface area contributed by atoms with Crippen LogP contribution in [0.1, 0.15) is 17.7 Å². The Balaban J connectivity index is 2.59. The number of aryl methyl sites for hydroxylation is 1. The van der Waals surface area contributed by atoms with Crippen LogP contribution in [0.5, 0.6) is 0 Å². The number of H-pyrrole nitrogens is 1. The topological polar surface area (TPSA) is 53.1 Å². The standard InChI is InChI=1S/C12H9BrF3NO2/c13-6-1-3-9-8(5-6)7(2-4-10(18)19)11(17-9)12(14,15)16/h1,3,5,17H,2,4H2,(H,18,19). The molecule has 7 heteroatoms. The highest BCUT2D eigenvalue weighted by Crippen LogP contribution is 2.36. The fourth-order valence-corrected chi connectivity index (χ4v) is 2.31. The highest BCUT2D eigenvalue weighted by Gasteiger charge is 2.36. The zero-order chi connectivity index (χ0) is 14.2. The normalized spacial score (nSPS) is 12.0. The summed E-state index contributed by atoms with van der Waals surface area (Å²) in [7, 11) is 0. The van der Waals surface area contributed by atoms with Crippen molar-refractivity contribution in [2.75, 3.05) is 0 Å². The van der Waals surface area contributed by atoms with E-state index in [1.165, 1.54) is 6.07 Å². The minimum absolute atomic E-state index is 0.00815. The summed E-state index contributed by atoms with van der Waals surface area (Å²) >= 11 is 3.19. The summed E-state index contributed by atoms with van der Waals surface area (Å²) in [6.07, 6.45) is -5.04. The molecule has 1 aromatic heterocycles. The van der Waals surface area contributed by atoms with Crippen LogP contribution in [0.15, 0.2) is 22.7 Å². The molecule has 0 fully saturated rings. The number of halogens is 4. The molecule has 0 amide bonds. The number of hydrogen-bond acceptors (Lipinski definition) is 1. The molecule has 0 saturated heterocycles. The van der Waals surface area contributed by atoms with Crippen molar-refractivity contribution < 1.29 is 23.1 Å². The second-order valence-corrected chi connectivity index (χ2v) is 4.98. The van der Waals surface area contributed by atoms with Crippen LogP contribution in [0.4, 0.5) is 13.2 Å². The van der Waals surface area contributed by atoms with Gasteiger partial charge in [-0.1, -0.05) is 15.9 Å². The molecular weight excluding hydrogens is 327 g/mol. The molecule has 3 nitrogen and oxygen atoms in total. The van der Waals surface area contributed by atoms with Crippen molar-refractivity contribution in [1.29, 1.82) is 0 Å². The highest BCUT2D eigenvalue weighted by atomic mass is 79.9. The quantitative estimate of drug-likeness (QED) is 0.891. The predicted octanol–water partition coefficient (Wildman–Crippen LogP) is 3.97. The van der Waals surface area contributed by atoms with Crippen LogP contribution in [0.2, 0.25) is 0 Å². The van der Waals surface area contributed by atoms with Gasteiger partial charge >= 0.3 is 12.1 Å². The molecule has 1 aromatic carbocycles. The van der Waals surface area contributed by atoms with E-state index in [0.717, 1.165) is 0 Å². The number of carbonyl (C=O) groups is 1. The van der Waals surface area contributed by atoms with Crippen LogP contribution in [-0.2, 0) is 17.4 Å². The number of aromatic nitrogens is 1. The van der Waals surface area contributed by atoms with Crippen molar-refractivity contribution in [3.05, 3.63) is 33.9 Å². The summed E-state index contributed by atoms with van der Waals surface area (Å²) < 4.78 is 39.4. The number of alkyl halides is 3. The molecule has 2 aromatic rings. The maximum atomic E-state index is 12.9. The molecule has 0 spiro atoms. The maximum absolute atomic E-state index is 12.9. The van der Waals surface area contributed by atoms with Gasteiger partial charge in [0.05, 0.1) is 0 Å². The smallest absolute Gasteiger partial charge is 0.431 e. The molecule has 0 saturated carbocycles. The lowest BCUT2D eigenvalue weighted by Crippen LogP contribution is -2.10. The van der Waals surface area contributed by atoms with Crippen LogP contribution < -0.4 is 0 Å². The average molecular weight is 336 g/mol. The minimum Gasteiger partial charge on any atom is -0.481 e. The monoisotopic (exact) mass is 335 g/mol.